The zero-order valence-corrected chi connectivity index (χ0v) is 25.6. The fraction of sp³-hybridized carbons (Fsp3) is 0.212. The summed E-state index contributed by atoms with van der Waals surface area (Å²) in [6.07, 6.45) is 3.79. The van der Waals surface area contributed by atoms with Gasteiger partial charge in [-0.2, -0.15) is 4.98 Å². The minimum Gasteiger partial charge on any atom is -0.350 e. The highest BCUT2D eigenvalue weighted by atomic mass is 35.5. The van der Waals surface area contributed by atoms with E-state index in [1.165, 1.54) is 17.4 Å². The number of halogens is 3. The number of hydrogen-bond donors (Lipinski definition) is 3. The van der Waals surface area contributed by atoms with Crippen LogP contribution in [0.25, 0.3) is 32.6 Å². The Morgan fingerprint density at radius 3 is 2.76 bits per heavy atom. The summed E-state index contributed by atoms with van der Waals surface area (Å²) in [6, 6.07) is 18.9. The van der Waals surface area contributed by atoms with Crippen molar-refractivity contribution in [2.45, 2.75) is 25.9 Å². The molecule has 1 atom stereocenters. The fourth-order valence-electron chi connectivity index (χ4n) is 5.61. The molecule has 3 aromatic heterocycles. The van der Waals surface area contributed by atoms with Crippen molar-refractivity contribution in [3.8, 4) is 11.4 Å². The topological polar surface area (TPSA) is 96.8 Å². The molecular weight excluding hydrogens is 616 g/mol. The molecule has 3 aromatic carbocycles. The summed E-state index contributed by atoms with van der Waals surface area (Å²) >= 11 is 8.29. The summed E-state index contributed by atoms with van der Waals surface area (Å²) in [4.78, 5) is 27.7. The van der Waals surface area contributed by atoms with Gasteiger partial charge < -0.3 is 20.5 Å². The van der Waals surface area contributed by atoms with E-state index in [1.54, 1.807) is 12.3 Å². The molecule has 12 heteroatoms. The Bertz CT molecular complexity index is 2010. The number of nitrogens with zero attached hydrogens (tertiary/aromatic N) is 4. The van der Waals surface area contributed by atoms with Crippen molar-refractivity contribution in [2.24, 2.45) is 5.92 Å². The second kappa shape index (κ2) is 12.5. The van der Waals surface area contributed by atoms with Crippen LogP contribution >= 0.6 is 22.9 Å². The van der Waals surface area contributed by atoms with Crippen LogP contribution in [0.5, 0.6) is 0 Å². The van der Waals surface area contributed by atoms with E-state index < -0.39 is 11.6 Å². The van der Waals surface area contributed by atoms with Gasteiger partial charge in [-0.05, 0) is 85.3 Å². The van der Waals surface area contributed by atoms with Crippen LogP contribution in [0.15, 0.2) is 72.9 Å². The lowest BCUT2D eigenvalue weighted by atomic mass is 9.99. The van der Waals surface area contributed by atoms with Gasteiger partial charge in [0.05, 0.1) is 16.1 Å². The predicted molar refractivity (Wildman–Crippen MR) is 175 cm³/mol. The van der Waals surface area contributed by atoms with Gasteiger partial charge in [-0.25, -0.2) is 18.7 Å². The quantitative estimate of drug-likeness (QED) is 0.159. The van der Waals surface area contributed by atoms with Gasteiger partial charge in [0.15, 0.2) is 17.3 Å². The summed E-state index contributed by atoms with van der Waals surface area (Å²) in [6.45, 7) is 2.76. The first-order chi connectivity index (χ1) is 21.9. The number of aromatic nitrogens is 4. The van der Waals surface area contributed by atoms with E-state index >= 15 is 0 Å². The Morgan fingerprint density at radius 2 is 1.96 bits per heavy atom. The average molecular weight is 644 g/mol. The summed E-state index contributed by atoms with van der Waals surface area (Å²) < 4.78 is 30.2. The molecular formula is C33H28ClF2N7OS. The first kappa shape index (κ1) is 29.3. The van der Waals surface area contributed by atoms with Crippen molar-refractivity contribution in [2.75, 3.05) is 23.7 Å². The molecule has 0 aliphatic carbocycles. The van der Waals surface area contributed by atoms with Crippen LogP contribution in [-0.2, 0) is 13.1 Å². The number of nitrogens with one attached hydrogen (secondary N) is 3. The number of rotatable bonds is 8. The molecule has 1 fully saturated rings. The molecule has 0 bridgehead atoms. The van der Waals surface area contributed by atoms with E-state index in [2.05, 4.69) is 25.5 Å². The predicted octanol–water partition coefficient (Wildman–Crippen LogP) is 7.50. The molecule has 3 N–H and O–H groups in total. The Kier molecular flexibility index (Phi) is 8.14. The third kappa shape index (κ3) is 6.24. The van der Waals surface area contributed by atoms with Gasteiger partial charge in [0, 0.05) is 29.0 Å². The Morgan fingerprint density at radius 1 is 1.07 bits per heavy atom. The molecule has 0 radical (unpaired) electrons. The maximum Gasteiger partial charge on any atom is 0.265 e. The van der Waals surface area contributed by atoms with E-state index in [0.717, 1.165) is 48.2 Å². The van der Waals surface area contributed by atoms with Crippen LogP contribution < -0.4 is 16.0 Å². The van der Waals surface area contributed by atoms with Gasteiger partial charge in [-0.1, -0.05) is 35.9 Å². The lowest BCUT2D eigenvalue weighted by Crippen LogP contribution is -2.32. The Labute approximate surface area is 266 Å². The molecule has 7 rings (SSSR count). The minimum absolute atomic E-state index is 0.198. The number of imidazole rings is 1. The lowest BCUT2D eigenvalue weighted by molar-refractivity contribution is 0.103. The highest BCUT2D eigenvalue weighted by Crippen LogP contribution is 2.34. The third-order valence-electron chi connectivity index (χ3n) is 7.88. The maximum absolute atomic E-state index is 13.7. The first-order valence-corrected chi connectivity index (χ1v) is 15.8. The monoisotopic (exact) mass is 643 g/mol. The molecule has 4 heterocycles. The fourth-order valence-corrected chi connectivity index (χ4v) is 6.83. The van der Waals surface area contributed by atoms with Crippen molar-refractivity contribution >= 4 is 61.7 Å². The number of benzene rings is 3. The Hall–Kier alpha value is -4.45. The zero-order chi connectivity index (χ0) is 30.9. The molecule has 0 unspecified atom stereocenters. The highest BCUT2D eigenvalue weighted by molar-refractivity contribution is 7.20. The van der Waals surface area contributed by atoms with E-state index in [9.17, 15) is 13.6 Å². The van der Waals surface area contributed by atoms with Crippen LogP contribution in [0, 0.1) is 17.6 Å². The number of carbonyl (C=O) groups excluding carboxylic acids is 1. The van der Waals surface area contributed by atoms with Crippen molar-refractivity contribution in [1.29, 1.82) is 0 Å². The third-order valence-corrected chi connectivity index (χ3v) is 9.31. The molecule has 0 spiro atoms. The number of carbonyl (C=O) groups is 1. The molecule has 45 heavy (non-hydrogen) atoms. The van der Waals surface area contributed by atoms with Gasteiger partial charge in [0.2, 0.25) is 5.95 Å². The second-order valence-corrected chi connectivity index (χ2v) is 12.6. The van der Waals surface area contributed by atoms with Gasteiger partial charge in [0.1, 0.15) is 11.3 Å². The zero-order valence-electron chi connectivity index (χ0n) is 24.0. The number of piperidine rings is 1. The minimum atomic E-state index is -0.906. The number of thiophene rings is 1. The van der Waals surface area contributed by atoms with Gasteiger partial charge in [-0.3, -0.25) is 4.79 Å². The molecule has 6 aromatic rings. The average Bonchev–Trinajstić information content (AvgIpc) is 3.64. The molecule has 1 aliphatic rings. The first-order valence-electron chi connectivity index (χ1n) is 14.6. The standard InChI is InChI=1S/C33H28ClF2N7OS/c34-24-14-22(40-32(44)29-13-21-5-1-2-6-28(21)45-29)8-9-23(24)30-41-27-17-39-33(38-16-19-7-10-25(35)26(36)12-19)42-31(27)43(30)18-20-4-3-11-37-15-20/h1-2,5-10,12-14,17,20,37H,3-4,11,15-16,18H2,(H,40,44)(H,38,39,42)/t20-/m1/s1. The number of amides is 1. The van der Waals surface area contributed by atoms with E-state index in [4.69, 9.17) is 21.6 Å². The number of anilines is 2. The highest BCUT2D eigenvalue weighted by Gasteiger charge is 2.22. The molecule has 1 saturated heterocycles. The molecule has 1 aliphatic heterocycles. The lowest BCUT2D eigenvalue weighted by Gasteiger charge is -2.24. The summed E-state index contributed by atoms with van der Waals surface area (Å²) in [5.41, 5.74) is 3.08. The SMILES string of the molecule is O=C(Nc1ccc(-c2nc3cnc(NCc4ccc(F)c(F)c4)nc3n2C[C@@H]2CCCNC2)c(Cl)c1)c1cc2ccccc2s1. The van der Waals surface area contributed by atoms with E-state index in [-0.39, 0.29) is 12.5 Å². The van der Waals surface area contributed by atoms with Gasteiger partial charge >= 0.3 is 0 Å². The van der Waals surface area contributed by atoms with Crippen molar-refractivity contribution in [1.82, 2.24) is 24.8 Å². The van der Waals surface area contributed by atoms with E-state index in [0.29, 0.717) is 62.1 Å². The normalized spacial score (nSPS) is 15.0. The van der Waals surface area contributed by atoms with Crippen LogP contribution in [-0.4, -0.2) is 38.5 Å². The molecule has 8 nitrogen and oxygen atoms in total. The van der Waals surface area contributed by atoms with Crippen LogP contribution in [0.4, 0.5) is 20.4 Å². The smallest absolute Gasteiger partial charge is 0.265 e. The van der Waals surface area contributed by atoms with E-state index in [1.807, 2.05) is 42.5 Å². The largest absolute Gasteiger partial charge is 0.350 e. The summed E-state index contributed by atoms with van der Waals surface area (Å²) in [5, 5.41) is 11.0. The van der Waals surface area contributed by atoms with Gasteiger partial charge in [0.25, 0.3) is 5.91 Å². The van der Waals surface area contributed by atoms with Crippen LogP contribution in [0.3, 0.4) is 0 Å². The molecule has 1 amide bonds. The summed E-state index contributed by atoms with van der Waals surface area (Å²) in [5.74, 6) is -0.646. The van der Waals surface area contributed by atoms with Crippen LogP contribution in [0.2, 0.25) is 5.02 Å². The van der Waals surface area contributed by atoms with Crippen LogP contribution in [0.1, 0.15) is 28.1 Å². The second-order valence-electron chi connectivity index (χ2n) is 11.1. The summed E-state index contributed by atoms with van der Waals surface area (Å²) in [7, 11) is 0. The van der Waals surface area contributed by atoms with Crippen molar-refractivity contribution < 1.29 is 13.6 Å². The number of fused-ring (bicyclic) bond motifs is 2. The number of hydrogen-bond acceptors (Lipinski definition) is 7. The molecule has 0 saturated carbocycles. The van der Waals surface area contributed by atoms with Crippen molar-refractivity contribution in [3.05, 3.63) is 100 Å². The Balaban J connectivity index is 1.18. The van der Waals surface area contributed by atoms with Crippen molar-refractivity contribution in [3.63, 3.8) is 0 Å². The molecule has 228 valence electrons. The van der Waals surface area contributed by atoms with Gasteiger partial charge in [-0.15, -0.1) is 11.3 Å². The maximum atomic E-state index is 13.7.